The number of aliphatic hydroxyl groups excluding tert-OH is 1. The van der Waals surface area contributed by atoms with Crippen LogP contribution in [0.5, 0.6) is 0 Å². The first-order valence-electron chi connectivity index (χ1n) is 4.24. The molecule has 0 radical (unpaired) electrons. The van der Waals surface area contributed by atoms with Crippen molar-refractivity contribution in [2.45, 2.75) is 17.2 Å². The molecule has 0 amide bonds. The van der Waals surface area contributed by atoms with Gasteiger partial charge in [0.15, 0.2) is 0 Å². The lowest BCUT2D eigenvalue weighted by Gasteiger charge is -2.21. The lowest BCUT2D eigenvalue weighted by molar-refractivity contribution is 0.214. The Hall–Kier alpha value is -0.140. The van der Waals surface area contributed by atoms with Gasteiger partial charge in [-0.25, -0.2) is 8.42 Å². The number of likely N-dealkylation sites (N-methyl/N-ethyl adjacent to an activating group) is 1. The Bertz CT molecular complexity index is 429. The number of nitrogens with zero attached hydrogens (tertiary/aromatic N) is 1. The van der Waals surface area contributed by atoms with E-state index in [1.807, 2.05) is 0 Å². The van der Waals surface area contributed by atoms with Gasteiger partial charge in [-0.15, -0.1) is 11.3 Å². The summed E-state index contributed by atoms with van der Waals surface area (Å²) in [4.78, 5) is 0. The smallest absolute Gasteiger partial charge is 0.252 e. The van der Waals surface area contributed by atoms with Crippen molar-refractivity contribution in [3.8, 4) is 0 Å². The fourth-order valence-corrected chi connectivity index (χ4v) is 3.95. The molecule has 0 saturated carbocycles. The van der Waals surface area contributed by atoms with Gasteiger partial charge in [0.1, 0.15) is 4.21 Å². The number of hydrogen-bond donors (Lipinski definition) is 1. The molecule has 0 aromatic carbocycles. The van der Waals surface area contributed by atoms with Gasteiger partial charge in [0.05, 0.1) is 10.9 Å². The van der Waals surface area contributed by atoms with Gasteiger partial charge in [-0.05, 0) is 19.1 Å². The second-order valence-electron chi connectivity index (χ2n) is 3.11. The molecule has 1 aromatic rings. The molecule has 0 spiro atoms. The third-order valence-corrected chi connectivity index (χ3v) is 5.74. The largest absolute Gasteiger partial charge is 0.395 e. The maximum atomic E-state index is 11.9. The minimum absolute atomic E-state index is 0.190. The van der Waals surface area contributed by atoms with Crippen molar-refractivity contribution in [1.82, 2.24) is 4.31 Å². The summed E-state index contributed by atoms with van der Waals surface area (Å²) < 4.78 is 25.6. The topological polar surface area (TPSA) is 57.6 Å². The Labute approximate surface area is 98.1 Å². The molecule has 1 aromatic heterocycles. The zero-order valence-electron chi connectivity index (χ0n) is 8.34. The molecule has 1 rings (SSSR count). The van der Waals surface area contributed by atoms with E-state index in [2.05, 4.69) is 0 Å². The molecule has 0 bridgehead atoms. The molecule has 86 valence electrons. The number of halogens is 1. The highest BCUT2D eigenvalue weighted by atomic mass is 35.5. The Morgan fingerprint density at radius 2 is 2.20 bits per heavy atom. The number of rotatable bonds is 4. The van der Waals surface area contributed by atoms with E-state index in [4.69, 9.17) is 16.7 Å². The molecule has 4 nitrogen and oxygen atoms in total. The van der Waals surface area contributed by atoms with Crippen molar-refractivity contribution in [1.29, 1.82) is 0 Å². The lowest BCUT2D eigenvalue weighted by atomic mass is 10.4. The SMILES string of the molecule is CC(CO)N(C)S(=O)(=O)c1ccc(Cl)s1. The Morgan fingerprint density at radius 1 is 1.60 bits per heavy atom. The summed E-state index contributed by atoms with van der Waals surface area (Å²) in [5.41, 5.74) is 0. The van der Waals surface area contributed by atoms with E-state index in [1.165, 1.54) is 19.2 Å². The van der Waals surface area contributed by atoms with Gasteiger partial charge in [0.2, 0.25) is 0 Å². The van der Waals surface area contributed by atoms with Crippen LogP contribution in [-0.4, -0.2) is 37.5 Å². The standard InChI is InChI=1S/C8H12ClNO3S2/c1-6(5-11)10(2)15(12,13)8-4-3-7(9)14-8/h3-4,6,11H,5H2,1-2H3. The fraction of sp³-hybridized carbons (Fsp3) is 0.500. The van der Waals surface area contributed by atoms with E-state index < -0.39 is 16.1 Å². The van der Waals surface area contributed by atoms with Gasteiger partial charge >= 0.3 is 0 Å². The Morgan fingerprint density at radius 3 is 2.60 bits per heavy atom. The van der Waals surface area contributed by atoms with Gasteiger partial charge in [0, 0.05) is 13.1 Å². The van der Waals surface area contributed by atoms with Gasteiger partial charge in [-0.1, -0.05) is 11.6 Å². The number of thiophene rings is 1. The van der Waals surface area contributed by atoms with E-state index in [0.717, 1.165) is 15.6 Å². The van der Waals surface area contributed by atoms with Gasteiger partial charge < -0.3 is 5.11 Å². The van der Waals surface area contributed by atoms with Crippen LogP contribution in [0.4, 0.5) is 0 Å². The second kappa shape index (κ2) is 4.80. The first-order chi connectivity index (χ1) is 6.89. The minimum Gasteiger partial charge on any atom is -0.395 e. The molecule has 1 N–H and O–H groups in total. The summed E-state index contributed by atoms with van der Waals surface area (Å²) >= 11 is 6.68. The van der Waals surface area contributed by atoms with Gasteiger partial charge in [-0.3, -0.25) is 0 Å². The summed E-state index contributed by atoms with van der Waals surface area (Å²) in [6, 6.07) is 2.55. The third kappa shape index (κ3) is 2.70. The molecule has 0 aliphatic carbocycles. The summed E-state index contributed by atoms with van der Waals surface area (Å²) in [7, 11) is -2.09. The summed E-state index contributed by atoms with van der Waals surface area (Å²) in [6.45, 7) is 1.42. The molecule has 0 saturated heterocycles. The van der Waals surface area contributed by atoms with Crippen molar-refractivity contribution in [3.05, 3.63) is 16.5 Å². The minimum atomic E-state index is -3.52. The predicted molar refractivity (Wildman–Crippen MR) is 60.8 cm³/mol. The van der Waals surface area contributed by atoms with Crippen LogP contribution >= 0.6 is 22.9 Å². The van der Waals surface area contributed by atoms with Crippen LogP contribution in [-0.2, 0) is 10.0 Å². The quantitative estimate of drug-likeness (QED) is 0.899. The molecule has 1 atom stereocenters. The monoisotopic (exact) mass is 269 g/mol. The maximum Gasteiger partial charge on any atom is 0.252 e. The molecule has 0 aliphatic rings. The van der Waals surface area contributed by atoms with Crippen molar-refractivity contribution >= 4 is 33.0 Å². The normalized spacial score (nSPS) is 14.5. The first-order valence-corrected chi connectivity index (χ1v) is 6.87. The Balaban J connectivity index is 3.03. The molecule has 0 aliphatic heterocycles. The van der Waals surface area contributed by atoms with Crippen LogP contribution in [0.2, 0.25) is 4.34 Å². The summed E-state index contributed by atoms with van der Waals surface area (Å²) in [6.07, 6.45) is 0. The number of aliphatic hydroxyl groups is 1. The second-order valence-corrected chi connectivity index (χ2v) is 7.05. The Kier molecular flexibility index (Phi) is 4.13. The van der Waals surface area contributed by atoms with Crippen LogP contribution in [0, 0.1) is 0 Å². The molecule has 0 fully saturated rings. The molecule has 7 heteroatoms. The van der Waals surface area contributed by atoms with Crippen molar-refractivity contribution in [2.75, 3.05) is 13.7 Å². The summed E-state index contributed by atoms with van der Waals surface area (Å²) in [5.74, 6) is 0. The molecule has 15 heavy (non-hydrogen) atoms. The maximum absolute atomic E-state index is 11.9. The highest BCUT2D eigenvalue weighted by Crippen LogP contribution is 2.28. The molecular weight excluding hydrogens is 258 g/mol. The third-order valence-electron chi connectivity index (χ3n) is 2.07. The van der Waals surface area contributed by atoms with Gasteiger partial charge in [0.25, 0.3) is 10.0 Å². The van der Waals surface area contributed by atoms with Gasteiger partial charge in [-0.2, -0.15) is 4.31 Å². The van der Waals surface area contributed by atoms with E-state index in [0.29, 0.717) is 4.34 Å². The van der Waals surface area contributed by atoms with Crippen LogP contribution in [0.3, 0.4) is 0 Å². The van der Waals surface area contributed by atoms with Crippen LogP contribution in [0.25, 0.3) is 0 Å². The van der Waals surface area contributed by atoms with Crippen LogP contribution in [0.1, 0.15) is 6.92 Å². The van der Waals surface area contributed by atoms with E-state index in [-0.39, 0.29) is 10.8 Å². The zero-order valence-corrected chi connectivity index (χ0v) is 10.7. The first kappa shape index (κ1) is 12.9. The zero-order chi connectivity index (χ0) is 11.6. The molecule has 1 unspecified atom stereocenters. The average molecular weight is 270 g/mol. The number of sulfonamides is 1. The number of hydrogen-bond acceptors (Lipinski definition) is 4. The van der Waals surface area contributed by atoms with E-state index in [9.17, 15) is 8.42 Å². The van der Waals surface area contributed by atoms with E-state index in [1.54, 1.807) is 6.92 Å². The highest BCUT2D eigenvalue weighted by molar-refractivity contribution is 7.91. The van der Waals surface area contributed by atoms with E-state index >= 15 is 0 Å². The van der Waals surface area contributed by atoms with Crippen molar-refractivity contribution in [2.24, 2.45) is 0 Å². The van der Waals surface area contributed by atoms with Crippen molar-refractivity contribution in [3.63, 3.8) is 0 Å². The highest BCUT2D eigenvalue weighted by Gasteiger charge is 2.26. The van der Waals surface area contributed by atoms with Crippen LogP contribution in [0.15, 0.2) is 16.3 Å². The average Bonchev–Trinajstić information content (AvgIpc) is 2.63. The lowest BCUT2D eigenvalue weighted by Crippen LogP contribution is -2.36. The fourth-order valence-electron chi connectivity index (χ4n) is 0.930. The molecule has 1 heterocycles. The summed E-state index contributed by atoms with van der Waals surface area (Å²) in [5, 5.41) is 8.89. The molecular formula is C8H12ClNO3S2. The van der Waals surface area contributed by atoms with Crippen molar-refractivity contribution < 1.29 is 13.5 Å². The van der Waals surface area contributed by atoms with Crippen LogP contribution < -0.4 is 0 Å². The predicted octanol–water partition coefficient (Wildman–Crippen LogP) is 1.40.